The van der Waals surface area contributed by atoms with Crippen LogP contribution in [-0.4, -0.2) is 25.2 Å². The van der Waals surface area contributed by atoms with E-state index < -0.39 is 11.6 Å². The topological polar surface area (TPSA) is 50.4 Å². The lowest BCUT2D eigenvalue weighted by molar-refractivity contribution is -0.119. The van der Waals surface area contributed by atoms with Crippen LogP contribution in [0.5, 0.6) is 0 Å². The van der Waals surface area contributed by atoms with Crippen LogP contribution in [0, 0.1) is 17.6 Å². The minimum Gasteiger partial charge on any atom is -0.378 e. The number of ether oxygens (including phenoxy) is 1. The summed E-state index contributed by atoms with van der Waals surface area (Å²) in [5.41, 5.74) is 0.264. The third-order valence-electron chi connectivity index (χ3n) is 3.10. The van der Waals surface area contributed by atoms with Gasteiger partial charge in [0.05, 0.1) is 36.5 Å². The monoisotopic (exact) mass is 240 g/mol. The maximum absolute atomic E-state index is 13.6. The minimum absolute atomic E-state index is 0.00338. The Balaban J connectivity index is 2.07. The van der Waals surface area contributed by atoms with Crippen LogP contribution in [0.4, 0.5) is 20.2 Å². The molecule has 1 saturated heterocycles. The number of hydrogen-bond acceptors (Lipinski definition) is 3. The van der Waals surface area contributed by atoms with E-state index >= 15 is 0 Å². The first kappa shape index (κ1) is 10.5. The van der Waals surface area contributed by atoms with Crippen LogP contribution in [0.15, 0.2) is 12.1 Å². The molecule has 17 heavy (non-hydrogen) atoms. The van der Waals surface area contributed by atoms with Gasteiger partial charge in [0.1, 0.15) is 0 Å². The van der Waals surface area contributed by atoms with E-state index in [9.17, 15) is 13.6 Å². The quantitative estimate of drug-likeness (QED) is 0.719. The summed E-state index contributed by atoms with van der Waals surface area (Å²) in [6, 6.07) is 2.03. The highest BCUT2D eigenvalue weighted by Crippen LogP contribution is 2.33. The highest BCUT2D eigenvalue weighted by molar-refractivity contribution is 5.98. The van der Waals surface area contributed by atoms with Gasteiger partial charge in [-0.1, -0.05) is 0 Å². The van der Waals surface area contributed by atoms with Crippen LogP contribution in [0.2, 0.25) is 0 Å². The summed E-state index contributed by atoms with van der Waals surface area (Å²) in [6.45, 7) is 0.606. The Bertz CT molecular complexity index is 493. The molecule has 1 aromatic carbocycles. The van der Waals surface area contributed by atoms with Crippen LogP contribution in [0.1, 0.15) is 0 Å². The molecule has 6 heteroatoms. The molecule has 2 aliphatic rings. The predicted octanol–water partition coefficient (Wildman–Crippen LogP) is 1.34. The standard InChI is InChI=1S/C11H10F2N2O2/c12-6-1-2-7-10(9(6)13)14-8-4-17-3-5(8)11(16)15-7/h1-2,5,8,14H,3-4H2,(H,15,16). The fraction of sp³-hybridized carbons (Fsp3) is 0.364. The fourth-order valence-electron chi connectivity index (χ4n) is 2.16. The molecule has 2 N–H and O–H groups in total. The van der Waals surface area contributed by atoms with Gasteiger partial charge in [0.2, 0.25) is 5.91 Å². The Morgan fingerprint density at radius 1 is 1.29 bits per heavy atom. The molecule has 0 aliphatic carbocycles. The summed E-state index contributed by atoms with van der Waals surface area (Å²) in [5.74, 6) is -2.52. The molecule has 0 spiro atoms. The second-order valence-corrected chi connectivity index (χ2v) is 4.17. The number of hydrogen-bond donors (Lipinski definition) is 2. The van der Waals surface area contributed by atoms with Gasteiger partial charge >= 0.3 is 0 Å². The number of amides is 1. The molecule has 0 radical (unpaired) electrons. The molecule has 0 saturated carbocycles. The van der Waals surface area contributed by atoms with Crippen molar-refractivity contribution in [1.82, 2.24) is 0 Å². The molecule has 3 rings (SSSR count). The molecule has 2 unspecified atom stereocenters. The zero-order valence-corrected chi connectivity index (χ0v) is 8.80. The Morgan fingerprint density at radius 3 is 2.94 bits per heavy atom. The summed E-state index contributed by atoms with van der Waals surface area (Å²) in [4.78, 5) is 11.8. The van der Waals surface area contributed by atoms with Gasteiger partial charge < -0.3 is 15.4 Å². The minimum atomic E-state index is -0.977. The van der Waals surface area contributed by atoms with E-state index in [1.807, 2.05) is 0 Å². The van der Waals surface area contributed by atoms with E-state index in [-0.39, 0.29) is 29.2 Å². The smallest absolute Gasteiger partial charge is 0.232 e. The summed E-state index contributed by atoms with van der Waals surface area (Å²) >= 11 is 0. The summed E-state index contributed by atoms with van der Waals surface area (Å²) in [7, 11) is 0. The van der Waals surface area contributed by atoms with Crippen LogP contribution in [0.3, 0.4) is 0 Å². The SMILES string of the molecule is O=C1Nc2ccc(F)c(F)c2NC2COCC12. The molecule has 0 aromatic heterocycles. The Morgan fingerprint density at radius 2 is 2.12 bits per heavy atom. The van der Waals surface area contributed by atoms with E-state index in [1.54, 1.807) is 0 Å². The average Bonchev–Trinajstić information content (AvgIpc) is 2.72. The van der Waals surface area contributed by atoms with Crippen LogP contribution in [-0.2, 0) is 9.53 Å². The number of carbonyl (C=O) groups excluding carboxylic acids is 1. The predicted molar refractivity (Wildman–Crippen MR) is 56.7 cm³/mol. The number of benzene rings is 1. The highest BCUT2D eigenvalue weighted by Gasteiger charge is 2.38. The molecule has 1 aromatic rings. The second kappa shape index (κ2) is 3.66. The molecule has 4 nitrogen and oxygen atoms in total. The van der Waals surface area contributed by atoms with E-state index in [0.717, 1.165) is 6.07 Å². The molecule has 2 aliphatic heterocycles. The van der Waals surface area contributed by atoms with E-state index in [0.29, 0.717) is 13.2 Å². The number of anilines is 2. The largest absolute Gasteiger partial charge is 0.378 e. The lowest BCUT2D eigenvalue weighted by Crippen LogP contribution is -2.33. The van der Waals surface area contributed by atoms with Crippen molar-refractivity contribution < 1.29 is 18.3 Å². The second-order valence-electron chi connectivity index (χ2n) is 4.17. The number of fused-ring (bicyclic) bond motifs is 2. The maximum atomic E-state index is 13.6. The third-order valence-corrected chi connectivity index (χ3v) is 3.10. The molecule has 0 bridgehead atoms. The number of carbonyl (C=O) groups is 1. The van der Waals surface area contributed by atoms with Gasteiger partial charge in [0.25, 0.3) is 0 Å². The summed E-state index contributed by atoms with van der Waals surface area (Å²) < 4.78 is 31.9. The average molecular weight is 240 g/mol. The van der Waals surface area contributed by atoms with Gasteiger partial charge in [-0.05, 0) is 12.1 Å². The van der Waals surface area contributed by atoms with Crippen molar-refractivity contribution >= 4 is 17.3 Å². The zero-order chi connectivity index (χ0) is 12.0. The summed E-state index contributed by atoms with van der Waals surface area (Å²) in [6.07, 6.45) is 0. The zero-order valence-electron chi connectivity index (χ0n) is 8.80. The van der Waals surface area contributed by atoms with E-state index in [1.165, 1.54) is 6.07 Å². The van der Waals surface area contributed by atoms with Crippen molar-refractivity contribution in [3.8, 4) is 0 Å². The molecular formula is C11H10F2N2O2. The first-order valence-electron chi connectivity index (χ1n) is 5.30. The van der Waals surface area contributed by atoms with Crippen LogP contribution >= 0.6 is 0 Å². The fourth-order valence-corrected chi connectivity index (χ4v) is 2.16. The van der Waals surface area contributed by atoms with Crippen molar-refractivity contribution in [3.05, 3.63) is 23.8 Å². The first-order valence-corrected chi connectivity index (χ1v) is 5.30. The number of halogens is 2. The number of rotatable bonds is 0. The van der Waals surface area contributed by atoms with Gasteiger partial charge in [0, 0.05) is 0 Å². The molecule has 2 heterocycles. The lowest BCUT2D eigenvalue weighted by Gasteiger charge is -2.15. The van der Waals surface area contributed by atoms with Crippen molar-refractivity contribution in [2.75, 3.05) is 23.8 Å². The first-order chi connectivity index (χ1) is 8.16. The Kier molecular flexibility index (Phi) is 2.25. The van der Waals surface area contributed by atoms with Gasteiger partial charge in [0.15, 0.2) is 11.6 Å². The van der Waals surface area contributed by atoms with Crippen LogP contribution < -0.4 is 10.6 Å². The molecule has 1 fully saturated rings. The third kappa shape index (κ3) is 1.56. The van der Waals surface area contributed by atoms with Gasteiger partial charge in [-0.3, -0.25) is 4.79 Å². The van der Waals surface area contributed by atoms with Crippen molar-refractivity contribution in [2.45, 2.75) is 6.04 Å². The van der Waals surface area contributed by atoms with Gasteiger partial charge in [-0.2, -0.15) is 0 Å². The van der Waals surface area contributed by atoms with Gasteiger partial charge in [-0.25, -0.2) is 8.78 Å². The van der Waals surface area contributed by atoms with E-state index in [4.69, 9.17) is 4.74 Å². The Hall–Kier alpha value is -1.69. The molecule has 90 valence electrons. The van der Waals surface area contributed by atoms with Crippen molar-refractivity contribution in [3.63, 3.8) is 0 Å². The van der Waals surface area contributed by atoms with Crippen LogP contribution in [0.25, 0.3) is 0 Å². The van der Waals surface area contributed by atoms with Crippen molar-refractivity contribution in [1.29, 1.82) is 0 Å². The summed E-state index contributed by atoms with van der Waals surface area (Å²) in [5, 5.41) is 5.41. The normalized spacial score (nSPS) is 26.6. The lowest BCUT2D eigenvalue weighted by atomic mass is 10.0. The molecular weight excluding hydrogens is 230 g/mol. The number of nitrogens with one attached hydrogen (secondary N) is 2. The molecule has 2 atom stereocenters. The highest BCUT2D eigenvalue weighted by atomic mass is 19.2. The van der Waals surface area contributed by atoms with E-state index in [2.05, 4.69) is 10.6 Å². The Labute approximate surface area is 96.0 Å². The van der Waals surface area contributed by atoms with Crippen molar-refractivity contribution in [2.24, 2.45) is 5.92 Å². The molecule has 1 amide bonds. The maximum Gasteiger partial charge on any atom is 0.232 e. The van der Waals surface area contributed by atoms with Gasteiger partial charge in [-0.15, -0.1) is 0 Å².